The predicted molar refractivity (Wildman–Crippen MR) is 72.6 cm³/mol. The van der Waals surface area contributed by atoms with E-state index in [0.717, 1.165) is 18.3 Å². The molecular weight excluding hydrogens is 298 g/mol. The van der Waals surface area contributed by atoms with Crippen molar-refractivity contribution in [3.8, 4) is 11.5 Å². The number of carbonyl (C=O) groups excluding carboxylic acids is 1. The number of fused-ring (bicyclic) bond motifs is 1. The Morgan fingerprint density at radius 1 is 1.39 bits per heavy atom. The minimum atomic E-state index is 0.0387. The highest BCUT2D eigenvalue weighted by Crippen LogP contribution is 2.32. The highest BCUT2D eigenvalue weighted by atomic mass is 79.9. The quantitative estimate of drug-likeness (QED) is 0.784. The standard InChI is InChI=1S/C13H16BrNO3/c1-2-15(7-3-6-14)13(16)10-4-5-11-12(8-10)18-9-17-11/h4-5,8H,2-3,6-7,9H2,1H3. The van der Waals surface area contributed by atoms with Crippen LogP contribution in [0.5, 0.6) is 11.5 Å². The van der Waals surface area contributed by atoms with Crippen molar-refractivity contribution in [2.75, 3.05) is 25.2 Å². The molecule has 0 aromatic heterocycles. The molecule has 0 N–H and O–H groups in total. The second-order valence-electron chi connectivity index (χ2n) is 4.00. The molecule has 1 amide bonds. The van der Waals surface area contributed by atoms with Gasteiger partial charge in [0.25, 0.3) is 5.91 Å². The smallest absolute Gasteiger partial charge is 0.253 e. The summed E-state index contributed by atoms with van der Waals surface area (Å²) >= 11 is 3.38. The van der Waals surface area contributed by atoms with E-state index in [1.807, 2.05) is 11.8 Å². The van der Waals surface area contributed by atoms with Crippen LogP contribution >= 0.6 is 15.9 Å². The van der Waals surface area contributed by atoms with Crippen molar-refractivity contribution < 1.29 is 14.3 Å². The second kappa shape index (κ2) is 6.09. The molecule has 0 bridgehead atoms. The summed E-state index contributed by atoms with van der Waals surface area (Å²) in [5, 5.41) is 0.901. The summed E-state index contributed by atoms with van der Waals surface area (Å²) in [5.41, 5.74) is 0.649. The first kappa shape index (κ1) is 13.2. The zero-order valence-corrected chi connectivity index (χ0v) is 11.9. The van der Waals surface area contributed by atoms with Crippen LogP contribution in [0.2, 0.25) is 0 Å². The number of amides is 1. The number of hydrogen-bond acceptors (Lipinski definition) is 3. The molecule has 18 heavy (non-hydrogen) atoms. The molecule has 0 radical (unpaired) electrons. The van der Waals surface area contributed by atoms with Gasteiger partial charge in [0.05, 0.1) is 0 Å². The van der Waals surface area contributed by atoms with E-state index in [9.17, 15) is 4.79 Å². The van der Waals surface area contributed by atoms with Gasteiger partial charge in [0.15, 0.2) is 11.5 Å². The summed E-state index contributed by atoms with van der Waals surface area (Å²) in [6.07, 6.45) is 0.949. The normalized spacial score (nSPS) is 12.6. The molecule has 1 aliphatic rings. The maximum Gasteiger partial charge on any atom is 0.253 e. The lowest BCUT2D eigenvalue weighted by Crippen LogP contribution is -2.31. The Hall–Kier alpha value is -1.23. The fraction of sp³-hybridized carbons (Fsp3) is 0.462. The zero-order chi connectivity index (χ0) is 13.0. The first-order valence-electron chi connectivity index (χ1n) is 6.01. The van der Waals surface area contributed by atoms with Gasteiger partial charge in [-0.2, -0.15) is 0 Å². The molecule has 5 heteroatoms. The number of halogens is 1. The average Bonchev–Trinajstić information content (AvgIpc) is 2.86. The first-order chi connectivity index (χ1) is 8.76. The lowest BCUT2D eigenvalue weighted by molar-refractivity contribution is 0.0764. The van der Waals surface area contributed by atoms with Crippen molar-refractivity contribution >= 4 is 21.8 Å². The van der Waals surface area contributed by atoms with Crippen molar-refractivity contribution in [2.45, 2.75) is 13.3 Å². The Morgan fingerprint density at radius 3 is 2.89 bits per heavy atom. The van der Waals surface area contributed by atoms with Crippen LogP contribution in [-0.2, 0) is 0 Å². The van der Waals surface area contributed by atoms with Crippen LogP contribution < -0.4 is 9.47 Å². The monoisotopic (exact) mass is 313 g/mol. The molecule has 0 aliphatic carbocycles. The molecule has 1 aromatic carbocycles. The van der Waals surface area contributed by atoms with Crippen LogP contribution in [0.25, 0.3) is 0 Å². The lowest BCUT2D eigenvalue weighted by atomic mass is 10.1. The number of benzene rings is 1. The van der Waals surface area contributed by atoms with E-state index in [4.69, 9.17) is 9.47 Å². The summed E-state index contributed by atoms with van der Waals surface area (Å²) in [6, 6.07) is 5.32. The SMILES string of the molecule is CCN(CCCBr)C(=O)c1ccc2c(c1)OCO2. The molecule has 0 saturated carbocycles. The van der Waals surface area contributed by atoms with Gasteiger partial charge in [0.2, 0.25) is 6.79 Å². The third kappa shape index (κ3) is 2.77. The fourth-order valence-corrected chi connectivity index (χ4v) is 2.12. The van der Waals surface area contributed by atoms with E-state index in [1.54, 1.807) is 18.2 Å². The van der Waals surface area contributed by atoms with Gasteiger partial charge in [-0.05, 0) is 31.5 Å². The fourth-order valence-electron chi connectivity index (χ4n) is 1.87. The summed E-state index contributed by atoms with van der Waals surface area (Å²) < 4.78 is 10.5. The number of carbonyl (C=O) groups is 1. The van der Waals surface area contributed by atoms with Crippen LogP contribution in [0.1, 0.15) is 23.7 Å². The Morgan fingerprint density at radius 2 is 2.17 bits per heavy atom. The molecule has 0 atom stereocenters. The molecule has 2 rings (SSSR count). The van der Waals surface area contributed by atoms with E-state index in [0.29, 0.717) is 23.6 Å². The molecule has 1 heterocycles. The predicted octanol–water partition coefficient (Wildman–Crippen LogP) is 2.66. The molecule has 0 unspecified atom stereocenters. The molecular formula is C13H16BrNO3. The number of alkyl halides is 1. The third-order valence-electron chi connectivity index (χ3n) is 2.85. The Kier molecular flexibility index (Phi) is 4.47. The molecule has 0 spiro atoms. The maximum atomic E-state index is 12.3. The van der Waals surface area contributed by atoms with Gasteiger partial charge in [-0.25, -0.2) is 0 Å². The molecule has 98 valence electrons. The first-order valence-corrected chi connectivity index (χ1v) is 7.13. The molecule has 0 fully saturated rings. The van der Waals surface area contributed by atoms with Gasteiger partial charge < -0.3 is 14.4 Å². The van der Waals surface area contributed by atoms with E-state index < -0.39 is 0 Å². The van der Waals surface area contributed by atoms with Crippen molar-refractivity contribution in [1.29, 1.82) is 0 Å². The van der Waals surface area contributed by atoms with E-state index in [2.05, 4.69) is 15.9 Å². The Labute approximate surface area is 115 Å². The van der Waals surface area contributed by atoms with E-state index in [1.165, 1.54) is 0 Å². The van der Waals surface area contributed by atoms with Crippen LogP contribution in [-0.4, -0.2) is 36.0 Å². The summed E-state index contributed by atoms with van der Waals surface area (Å²) in [4.78, 5) is 14.1. The minimum Gasteiger partial charge on any atom is -0.454 e. The van der Waals surface area contributed by atoms with Crippen LogP contribution in [0.4, 0.5) is 0 Å². The second-order valence-corrected chi connectivity index (χ2v) is 4.79. The molecule has 1 aliphatic heterocycles. The summed E-state index contributed by atoms with van der Waals surface area (Å²) in [7, 11) is 0. The third-order valence-corrected chi connectivity index (χ3v) is 3.41. The van der Waals surface area contributed by atoms with Crippen molar-refractivity contribution in [2.24, 2.45) is 0 Å². The Bertz CT molecular complexity index is 436. The topological polar surface area (TPSA) is 38.8 Å². The maximum absolute atomic E-state index is 12.3. The summed E-state index contributed by atoms with van der Waals surface area (Å²) in [6.45, 7) is 3.68. The van der Waals surface area contributed by atoms with Crippen molar-refractivity contribution in [3.05, 3.63) is 23.8 Å². The minimum absolute atomic E-state index is 0.0387. The van der Waals surface area contributed by atoms with Crippen molar-refractivity contribution in [1.82, 2.24) is 4.90 Å². The summed E-state index contributed by atoms with van der Waals surface area (Å²) in [5.74, 6) is 1.39. The average molecular weight is 314 g/mol. The van der Waals surface area contributed by atoms with E-state index in [-0.39, 0.29) is 12.7 Å². The molecule has 0 saturated heterocycles. The highest BCUT2D eigenvalue weighted by Gasteiger charge is 2.19. The number of nitrogens with zero attached hydrogens (tertiary/aromatic N) is 1. The zero-order valence-electron chi connectivity index (χ0n) is 10.3. The highest BCUT2D eigenvalue weighted by molar-refractivity contribution is 9.09. The van der Waals surface area contributed by atoms with Crippen molar-refractivity contribution in [3.63, 3.8) is 0 Å². The van der Waals surface area contributed by atoms with Crippen LogP contribution in [0.3, 0.4) is 0 Å². The number of hydrogen-bond donors (Lipinski definition) is 0. The van der Waals surface area contributed by atoms with Gasteiger partial charge in [0.1, 0.15) is 0 Å². The van der Waals surface area contributed by atoms with Gasteiger partial charge >= 0.3 is 0 Å². The van der Waals surface area contributed by atoms with Crippen LogP contribution in [0, 0.1) is 0 Å². The number of rotatable bonds is 5. The van der Waals surface area contributed by atoms with E-state index >= 15 is 0 Å². The molecule has 1 aromatic rings. The largest absolute Gasteiger partial charge is 0.454 e. The number of ether oxygens (including phenoxy) is 2. The Balaban J connectivity index is 2.12. The van der Waals surface area contributed by atoms with Gasteiger partial charge in [-0.1, -0.05) is 15.9 Å². The van der Waals surface area contributed by atoms with Gasteiger partial charge in [-0.3, -0.25) is 4.79 Å². The van der Waals surface area contributed by atoms with Gasteiger partial charge in [-0.15, -0.1) is 0 Å². The lowest BCUT2D eigenvalue weighted by Gasteiger charge is -2.20. The van der Waals surface area contributed by atoms with Gasteiger partial charge in [0, 0.05) is 24.0 Å². The van der Waals surface area contributed by atoms with Crippen LogP contribution in [0.15, 0.2) is 18.2 Å². The molecule has 4 nitrogen and oxygen atoms in total.